The van der Waals surface area contributed by atoms with Gasteiger partial charge in [-0.15, -0.1) is 0 Å². The molecule has 112 valence electrons. The molecule has 0 heterocycles. The number of esters is 1. The molecule has 0 saturated heterocycles. The third-order valence-electron chi connectivity index (χ3n) is 2.97. The third-order valence-corrected chi connectivity index (χ3v) is 3.66. The van der Waals surface area contributed by atoms with Crippen LogP contribution in [0.1, 0.15) is 22.8 Å². The van der Waals surface area contributed by atoms with Crippen LogP contribution in [0.5, 0.6) is 0 Å². The fourth-order valence-corrected chi connectivity index (χ4v) is 2.40. The van der Waals surface area contributed by atoms with Crippen molar-refractivity contribution in [1.29, 1.82) is 0 Å². The van der Waals surface area contributed by atoms with Crippen LogP contribution in [-0.4, -0.2) is 18.4 Å². The molecule has 0 atom stereocenters. The Morgan fingerprint density at radius 3 is 2.32 bits per heavy atom. The second kappa shape index (κ2) is 7.71. The van der Waals surface area contributed by atoms with E-state index >= 15 is 0 Å². The lowest BCUT2D eigenvalue weighted by atomic mass is 10.0. The van der Waals surface area contributed by atoms with E-state index in [9.17, 15) is 9.59 Å². The van der Waals surface area contributed by atoms with Crippen LogP contribution in [-0.2, 0) is 9.53 Å². The summed E-state index contributed by atoms with van der Waals surface area (Å²) in [6, 6.07) is 16.2. The van der Waals surface area contributed by atoms with Gasteiger partial charge in [-0.1, -0.05) is 58.4 Å². The lowest BCUT2D eigenvalue weighted by Crippen LogP contribution is -2.16. The molecule has 0 spiro atoms. The molecule has 0 radical (unpaired) electrons. The van der Waals surface area contributed by atoms with Crippen molar-refractivity contribution >= 4 is 33.8 Å². The van der Waals surface area contributed by atoms with E-state index in [4.69, 9.17) is 4.74 Å². The molecule has 0 N–H and O–H groups in total. The normalized spacial score (nSPS) is 11.1. The van der Waals surface area contributed by atoms with Gasteiger partial charge in [0, 0.05) is 10.0 Å². The first-order valence-electron chi connectivity index (χ1n) is 6.86. The van der Waals surface area contributed by atoms with Crippen molar-refractivity contribution in [2.45, 2.75) is 6.92 Å². The van der Waals surface area contributed by atoms with Gasteiger partial charge in [0.1, 0.15) is 5.57 Å². The fraction of sp³-hybridized carbons (Fsp3) is 0.111. The minimum absolute atomic E-state index is 0.0138. The highest BCUT2D eigenvalue weighted by Gasteiger charge is 2.22. The first-order valence-corrected chi connectivity index (χ1v) is 7.66. The molecule has 0 aliphatic rings. The van der Waals surface area contributed by atoms with E-state index in [1.54, 1.807) is 31.2 Å². The highest BCUT2D eigenvalue weighted by atomic mass is 79.9. The Labute approximate surface area is 137 Å². The van der Waals surface area contributed by atoms with Crippen LogP contribution in [0.15, 0.2) is 64.6 Å². The molecule has 0 fully saturated rings. The molecule has 0 bridgehead atoms. The average Bonchev–Trinajstić information content (AvgIpc) is 2.53. The van der Waals surface area contributed by atoms with Crippen molar-refractivity contribution in [2.75, 3.05) is 6.61 Å². The number of halogens is 1. The summed E-state index contributed by atoms with van der Waals surface area (Å²) >= 11 is 3.34. The molecule has 0 aliphatic carbocycles. The monoisotopic (exact) mass is 358 g/mol. The number of rotatable bonds is 5. The van der Waals surface area contributed by atoms with Crippen LogP contribution in [0.4, 0.5) is 0 Å². The summed E-state index contributed by atoms with van der Waals surface area (Å²) in [5.74, 6) is -0.984. The number of ether oxygens (including phenoxy) is 1. The molecular formula is C18H15BrO3. The molecule has 4 heteroatoms. The average molecular weight is 359 g/mol. The van der Waals surface area contributed by atoms with Gasteiger partial charge in [-0.05, 0) is 30.7 Å². The summed E-state index contributed by atoms with van der Waals surface area (Å²) in [5, 5.41) is 0. The van der Waals surface area contributed by atoms with Crippen LogP contribution in [0, 0.1) is 0 Å². The van der Waals surface area contributed by atoms with Crippen molar-refractivity contribution in [3.63, 3.8) is 0 Å². The van der Waals surface area contributed by atoms with Crippen molar-refractivity contribution in [2.24, 2.45) is 0 Å². The molecule has 22 heavy (non-hydrogen) atoms. The van der Waals surface area contributed by atoms with Gasteiger partial charge < -0.3 is 4.74 Å². The van der Waals surface area contributed by atoms with Crippen molar-refractivity contribution in [3.05, 3.63) is 75.8 Å². The number of carbonyl (C=O) groups is 2. The number of hydrogen-bond donors (Lipinski definition) is 0. The van der Waals surface area contributed by atoms with E-state index in [2.05, 4.69) is 15.9 Å². The van der Waals surface area contributed by atoms with E-state index in [1.807, 2.05) is 36.4 Å². The largest absolute Gasteiger partial charge is 0.462 e. The summed E-state index contributed by atoms with van der Waals surface area (Å²) in [6.45, 7) is 1.93. The summed E-state index contributed by atoms with van der Waals surface area (Å²) in [5.41, 5.74) is 1.21. The molecule has 0 saturated carbocycles. The molecule has 0 aliphatic heterocycles. The maximum absolute atomic E-state index is 12.7. The molecule has 0 amide bonds. The lowest BCUT2D eigenvalue weighted by Gasteiger charge is -2.08. The van der Waals surface area contributed by atoms with Crippen LogP contribution in [0.3, 0.4) is 0 Å². The zero-order valence-corrected chi connectivity index (χ0v) is 13.7. The van der Waals surface area contributed by atoms with Crippen molar-refractivity contribution in [1.82, 2.24) is 0 Å². The predicted molar refractivity (Wildman–Crippen MR) is 89.5 cm³/mol. The molecule has 2 rings (SSSR count). The van der Waals surface area contributed by atoms with E-state index in [-0.39, 0.29) is 18.0 Å². The molecule has 2 aromatic carbocycles. The topological polar surface area (TPSA) is 43.4 Å². The number of ketones is 1. The first-order chi connectivity index (χ1) is 10.6. The second-order valence-electron chi connectivity index (χ2n) is 4.50. The first kappa shape index (κ1) is 16.2. The maximum Gasteiger partial charge on any atom is 0.342 e. The zero-order chi connectivity index (χ0) is 15.9. The van der Waals surface area contributed by atoms with E-state index < -0.39 is 5.97 Å². The maximum atomic E-state index is 12.7. The summed E-state index contributed by atoms with van der Waals surface area (Å²) in [7, 11) is 0. The van der Waals surface area contributed by atoms with Gasteiger partial charge in [-0.3, -0.25) is 4.79 Å². The lowest BCUT2D eigenvalue weighted by molar-refractivity contribution is -0.137. The predicted octanol–water partition coefficient (Wildman–Crippen LogP) is 4.28. The van der Waals surface area contributed by atoms with Crippen LogP contribution in [0.25, 0.3) is 6.08 Å². The Kier molecular flexibility index (Phi) is 5.67. The number of hydrogen-bond acceptors (Lipinski definition) is 3. The highest BCUT2D eigenvalue weighted by molar-refractivity contribution is 9.10. The molecule has 0 aromatic heterocycles. The number of carbonyl (C=O) groups excluding carboxylic acids is 2. The molecule has 0 unspecified atom stereocenters. The summed E-state index contributed by atoms with van der Waals surface area (Å²) < 4.78 is 5.66. The zero-order valence-electron chi connectivity index (χ0n) is 12.1. The Balaban J connectivity index is 2.45. The SMILES string of the molecule is CCOC(=O)/C(=C\c1ccccc1)C(=O)c1ccccc1Br. The van der Waals surface area contributed by atoms with Gasteiger partial charge in [0.25, 0.3) is 0 Å². The highest BCUT2D eigenvalue weighted by Crippen LogP contribution is 2.21. The van der Waals surface area contributed by atoms with Gasteiger partial charge in [0.05, 0.1) is 6.61 Å². The summed E-state index contributed by atoms with van der Waals surface area (Å²) in [4.78, 5) is 24.8. The Morgan fingerprint density at radius 2 is 1.68 bits per heavy atom. The van der Waals surface area contributed by atoms with Gasteiger partial charge in [-0.25, -0.2) is 4.79 Å². The van der Waals surface area contributed by atoms with Gasteiger partial charge in [0.15, 0.2) is 0 Å². The second-order valence-corrected chi connectivity index (χ2v) is 5.35. The van der Waals surface area contributed by atoms with Crippen LogP contribution < -0.4 is 0 Å². The Bertz CT molecular complexity index is 705. The van der Waals surface area contributed by atoms with Crippen LogP contribution >= 0.6 is 15.9 Å². The van der Waals surface area contributed by atoms with Crippen molar-refractivity contribution in [3.8, 4) is 0 Å². The Hall–Kier alpha value is -2.20. The smallest absolute Gasteiger partial charge is 0.342 e. The fourth-order valence-electron chi connectivity index (χ4n) is 1.93. The minimum Gasteiger partial charge on any atom is -0.462 e. The number of Topliss-reactive ketones (excluding diaryl/α,β-unsaturated/α-hetero) is 1. The summed E-state index contributed by atoms with van der Waals surface area (Å²) in [6.07, 6.45) is 1.56. The third kappa shape index (κ3) is 3.92. The number of benzene rings is 2. The van der Waals surface area contributed by atoms with Gasteiger partial charge >= 0.3 is 5.97 Å². The minimum atomic E-state index is -0.618. The molecule has 2 aromatic rings. The quantitative estimate of drug-likeness (QED) is 0.263. The molecular weight excluding hydrogens is 344 g/mol. The van der Waals surface area contributed by atoms with E-state index in [0.717, 1.165) is 5.56 Å². The molecule has 3 nitrogen and oxygen atoms in total. The van der Waals surface area contributed by atoms with Gasteiger partial charge in [0.2, 0.25) is 5.78 Å². The van der Waals surface area contributed by atoms with Crippen LogP contribution in [0.2, 0.25) is 0 Å². The van der Waals surface area contributed by atoms with Gasteiger partial charge in [-0.2, -0.15) is 0 Å². The van der Waals surface area contributed by atoms with E-state index in [1.165, 1.54) is 0 Å². The Morgan fingerprint density at radius 1 is 1.05 bits per heavy atom. The van der Waals surface area contributed by atoms with Crippen molar-refractivity contribution < 1.29 is 14.3 Å². The van der Waals surface area contributed by atoms with E-state index in [0.29, 0.717) is 10.0 Å². The standard InChI is InChI=1S/C18H15BrO3/c1-2-22-18(21)15(12-13-8-4-3-5-9-13)17(20)14-10-6-7-11-16(14)19/h3-12H,2H2,1H3/b15-12-.